The number of carbonyl (C=O) groups is 2. The second-order valence-electron chi connectivity index (χ2n) is 9.68. The molecule has 1 unspecified atom stereocenters. The number of rotatable bonds is 14. The van der Waals surface area contributed by atoms with E-state index in [-0.39, 0.29) is 0 Å². The Bertz CT molecular complexity index is 1260. The summed E-state index contributed by atoms with van der Waals surface area (Å²) in [6.45, 7) is 5.70. The van der Waals surface area contributed by atoms with Crippen LogP contribution in [0.15, 0.2) is 60.7 Å². The van der Waals surface area contributed by atoms with Crippen molar-refractivity contribution >= 4 is 23.6 Å². The lowest BCUT2D eigenvalue weighted by Crippen LogP contribution is -2.41. The molecule has 0 aliphatic carbocycles. The highest BCUT2D eigenvalue weighted by Gasteiger charge is 2.23. The predicted octanol–water partition coefficient (Wildman–Crippen LogP) is 6.68. The molecule has 3 aromatic carbocycles. The molecule has 39 heavy (non-hydrogen) atoms. The van der Waals surface area contributed by atoms with Crippen LogP contribution in [0.3, 0.4) is 0 Å². The largest absolute Gasteiger partial charge is 0.480 e. The number of carboxylic acids is 1. The van der Waals surface area contributed by atoms with E-state index in [1.165, 1.54) is 23.9 Å². The molecule has 0 bridgehead atoms. The van der Waals surface area contributed by atoms with Crippen LogP contribution in [0.2, 0.25) is 0 Å². The van der Waals surface area contributed by atoms with Crippen LogP contribution < -0.4 is 5.32 Å². The van der Waals surface area contributed by atoms with Crippen LogP contribution in [-0.4, -0.2) is 46.5 Å². The maximum Gasteiger partial charge on any atom is 0.326 e. The van der Waals surface area contributed by atoms with E-state index in [9.17, 15) is 23.5 Å². The predicted molar refractivity (Wildman–Crippen MR) is 154 cm³/mol. The maximum atomic E-state index is 13.8. The first-order valence-electron chi connectivity index (χ1n) is 13.1. The fourth-order valence-corrected chi connectivity index (χ4v) is 5.00. The number of thioether (sulfide) groups is 1. The number of aryl methyl sites for hydroxylation is 1. The zero-order chi connectivity index (χ0) is 28.4. The molecule has 1 atom stereocenters. The Labute approximate surface area is 233 Å². The summed E-state index contributed by atoms with van der Waals surface area (Å²) in [5, 5.41) is 12.3. The standard InChI is InChI=1S/C31H36F2N2O3S/c1-4-5-13-35(20-23-15-24(32)18-25(33)16-23)19-22-10-11-27(28(17-22)26-9-7-6-8-21(26)2)30(36)34-29(31(37)38)12-14-39-3/h6-11,15-18,29H,4-5,12-14,19-20H2,1-3H3,(H,34,36)(H,37,38). The molecule has 0 aliphatic rings. The van der Waals surface area contributed by atoms with Gasteiger partial charge in [0.05, 0.1) is 0 Å². The third kappa shape index (κ3) is 8.90. The average Bonchev–Trinajstić information content (AvgIpc) is 2.89. The molecule has 0 radical (unpaired) electrons. The highest BCUT2D eigenvalue weighted by Crippen LogP contribution is 2.29. The fourth-order valence-electron chi connectivity index (χ4n) is 4.53. The molecule has 0 aliphatic heterocycles. The molecule has 0 heterocycles. The summed E-state index contributed by atoms with van der Waals surface area (Å²) in [5.74, 6) is -2.09. The topological polar surface area (TPSA) is 69.6 Å². The van der Waals surface area contributed by atoms with Gasteiger partial charge in [-0.1, -0.05) is 43.7 Å². The van der Waals surface area contributed by atoms with Crippen molar-refractivity contribution in [2.75, 3.05) is 18.6 Å². The molecular formula is C31H36F2N2O3S. The molecule has 1 amide bonds. The smallest absolute Gasteiger partial charge is 0.326 e. The zero-order valence-electron chi connectivity index (χ0n) is 22.7. The third-order valence-corrected chi connectivity index (χ3v) is 7.18. The number of amides is 1. The van der Waals surface area contributed by atoms with Gasteiger partial charge in [-0.05, 0) is 90.4 Å². The van der Waals surface area contributed by atoms with Gasteiger partial charge in [0.2, 0.25) is 0 Å². The Kier molecular flexibility index (Phi) is 11.5. The van der Waals surface area contributed by atoms with E-state index >= 15 is 0 Å². The van der Waals surface area contributed by atoms with E-state index in [4.69, 9.17) is 0 Å². The molecule has 0 spiro atoms. The molecule has 3 aromatic rings. The molecule has 0 saturated carbocycles. The quantitative estimate of drug-likeness (QED) is 0.233. The number of aliphatic carboxylic acids is 1. The second kappa shape index (κ2) is 14.8. The summed E-state index contributed by atoms with van der Waals surface area (Å²) in [4.78, 5) is 27.2. The summed E-state index contributed by atoms with van der Waals surface area (Å²) in [6, 6.07) is 15.9. The Balaban J connectivity index is 1.95. The van der Waals surface area contributed by atoms with Crippen molar-refractivity contribution in [1.82, 2.24) is 10.2 Å². The Morgan fingerprint density at radius 3 is 2.31 bits per heavy atom. The molecule has 2 N–H and O–H groups in total. The van der Waals surface area contributed by atoms with E-state index in [0.29, 0.717) is 42.0 Å². The number of halogens is 2. The molecule has 208 valence electrons. The number of nitrogens with one attached hydrogen (secondary N) is 1. The minimum absolute atomic E-state index is 0.326. The van der Waals surface area contributed by atoms with Crippen molar-refractivity contribution in [3.8, 4) is 11.1 Å². The van der Waals surface area contributed by atoms with Gasteiger partial charge >= 0.3 is 5.97 Å². The summed E-state index contributed by atoms with van der Waals surface area (Å²) >= 11 is 1.53. The van der Waals surface area contributed by atoms with E-state index in [1.807, 2.05) is 49.6 Å². The van der Waals surface area contributed by atoms with Crippen LogP contribution in [0.5, 0.6) is 0 Å². The van der Waals surface area contributed by atoms with Crippen molar-refractivity contribution in [3.63, 3.8) is 0 Å². The van der Waals surface area contributed by atoms with Crippen LogP contribution in [0, 0.1) is 18.6 Å². The van der Waals surface area contributed by atoms with Crippen LogP contribution in [0.1, 0.15) is 53.2 Å². The molecular weight excluding hydrogens is 518 g/mol. The minimum atomic E-state index is -1.06. The summed E-state index contributed by atoms with van der Waals surface area (Å²) in [6.07, 6.45) is 4.12. The average molecular weight is 555 g/mol. The van der Waals surface area contributed by atoms with Gasteiger partial charge in [-0.2, -0.15) is 11.8 Å². The number of unbranched alkanes of at least 4 members (excludes halogenated alkanes) is 1. The molecule has 0 fully saturated rings. The SMILES string of the molecule is CCCCN(Cc1cc(F)cc(F)c1)Cc1ccc(C(=O)NC(CCSC)C(=O)O)c(-c2ccccc2C)c1. The van der Waals surface area contributed by atoms with Crippen LogP contribution in [-0.2, 0) is 17.9 Å². The summed E-state index contributed by atoms with van der Waals surface area (Å²) in [7, 11) is 0. The number of carbonyl (C=O) groups excluding carboxylic acids is 1. The first kappa shape index (κ1) is 30.3. The van der Waals surface area contributed by atoms with Crippen molar-refractivity contribution < 1.29 is 23.5 Å². The van der Waals surface area contributed by atoms with E-state index in [1.54, 1.807) is 6.07 Å². The number of hydrogen-bond donors (Lipinski definition) is 2. The summed E-state index contributed by atoms with van der Waals surface area (Å²) < 4.78 is 27.7. The Morgan fingerprint density at radius 2 is 1.67 bits per heavy atom. The van der Waals surface area contributed by atoms with Crippen LogP contribution in [0.25, 0.3) is 11.1 Å². The van der Waals surface area contributed by atoms with Gasteiger partial charge in [0, 0.05) is 24.7 Å². The molecule has 8 heteroatoms. The second-order valence-corrected chi connectivity index (χ2v) is 10.7. The number of hydrogen-bond acceptors (Lipinski definition) is 4. The van der Waals surface area contributed by atoms with E-state index < -0.39 is 29.6 Å². The minimum Gasteiger partial charge on any atom is -0.480 e. The Morgan fingerprint density at radius 1 is 0.974 bits per heavy atom. The first-order valence-corrected chi connectivity index (χ1v) is 14.5. The van der Waals surface area contributed by atoms with Crippen molar-refractivity contribution in [3.05, 3.63) is 94.6 Å². The van der Waals surface area contributed by atoms with Crippen molar-refractivity contribution in [1.29, 1.82) is 0 Å². The van der Waals surface area contributed by atoms with Gasteiger partial charge in [0.25, 0.3) is 5.91 Å². The Hall–Kier alpha value is -3.23. The molecule has 3 rings (SSSR count). The maximum absolute atomic E-state index is 13.8. The van der Waals surface area contributed by atoms with E-state index in [0.717, 1.165) is 42.1 Å². The van der Waals surface area contributed by atoms with Crippen molar-refractivity contribution in [2.24, 2.45) is 0 Å². The monoisotopic (exact) mass is 554 g/mol. The highest BCUT2D eigenvalue weighted by atomic mass is 32.2. The lowest BCUT2D eigenvalue weighted by molar-refractivity contribution is -0.139. The van der Waals surface area contributed by atoms with Gasteiger partial charge in [-0.25, -0.2) is 13.6 Å². The van der Waals surface area contributed by atoms with Gasteiger partial charge in [0.15, 0.2) is 0 Å². The zero-order valence-corrected chi connectivity index (χ0v) is 23.5. The highest BCUT2D eigenvalue weighted by molar-refractivity contribution is 7.98. The van der Waals surface area contributed by atoms with E-state index in [2.05, 4.69) is 17.1 Å². The van der Waals surface area contributed by atoms with Crippen LogP contribution >= 0.6 is 11.8 Å². The number of carboxylic acid groups (broad SMARTS) is 1. The normalized spacial score (nSPS) is 11.9. The lowest BCUT2D eigenvalue weighted by Gasteiger charge is -2.24. The van der Waals surface area contributed by atoms with Gasteiger partial charge < -0.3 is 10.4 Å². The molecule has 5 nitrogen and oxygen atoms in total. The van der Waals surface area contributed by atoms with Gasteiger partial charge in [-0.3, -0.25) is 9.69 Å². The van der Waals surface area contributed by atoms with Crippen molar-refractivity contribution in [2.45, 2.75) is 52.2 Å². The van der Waals surface area contributed by atoms with Gasteiger partial charge in [-0.15, -0.1) is 0 Å². The molecule has 0 saturated heterocycles. The third-order valence-electron chi connectivity index (χ3n) is 6.54. The molecule has 0 aromatic heterocycles. The first-order chi connectivity index (χ1) is 18.7. The number of nitrogens with zero attached hydrogens (tertiary/aromatic N) is 1. The summed E-state index contributed by atoms with van der Waals surface area (Å²) in [5.41, 5.74) is 4.48. The van der Waals surface area contributed by atoms with Crippen LogP contribution in [0.4, 0.5) is 8.78 Å². The fraction of sp³-hybridized carbons (Fsp3) is 0.355. The lowest BCUT2D eigenvalue weighted by atomic mass is 9.93. The number of benzene rings is 3. The van der Waals surface area contributed by atoms with Gasteiger partial charge in [0.1, 0.15) is 17.7 Å².